The number of carboxylic acid groups (broad SMARTS) is 1. The maximum absolute atomic E-state index is 12.6. The molecule has 112 valence electrons. The van der Waals surface area contributed by atoms with Gasteiger partial charge in [-0.1, -0.05) is 12.8 Å². The molecule has 0 spiro atoms. The molecule has 1 aliphatic carbocycles. The van der Waals surface area contributed by atoms with Crippen molar-refractivity contribution in [3.8, 4) is 0 Å². The topological polar surface area (TPSA) is 66.8 Å². The van der Waals surface area contributed by atoms with Crippen molar-refractivity contribution in [3.05, 3.63) is 0 Å². The Hall–Kier alpha value is -1.10. The number of hydrogen-bond acceptors (Lipinski definition) is 3. The minimum absolute atomic E-state index is 0.0299. The van der Waals surface area contributed by atoms with Gasteiger partial charge < -0.3 is 14.7 Å². The van der Waals surface area contributed by atoms with E-state index in [9.17, 15) is 14.7 Å². The van der Waals surface area contributed by atoms with E-state index >= 15 is 0 Å². The first kappa shape index (κ1) is 13.9. The van der Waals surface area contributed by atoms with Gasteiger partial charge in [-0.3, -0.25) is 4.79 Å². The fourth-order valence-corrected chi connectivity index (χ4v) is 4.14. The first-order valence-electron chi connectivity index (χ1n) is 7.78. The Bertz CT molecular complexity index is 391. The molecule has 5 heteroatoms. The highest BCUT2D eigenvalue weighted by molar-refractivity contribution is 5.85. The lowest BCUT2D eigenvalue weighted by atomic mass is 9.84. The van der Waals surface area contributed by atoms with Crippen LogP contribution < -0.4 is 0 Å². The average molecular weight is 281 g/mol. The average Bonchev–Trinajstić information content (AvgIpc) is 3.04. The zero-order valence-corrected chi connectivity index (χ0v) is 11.8. The molecular formula is C15H23NO4. The van der Waals surface area contributed by atoms with Crippen LogP contribution in [0.3, 0.4) is 0 Å². The van der Waals surface area contributed by atoms with Crippen molar-refractivity contribution in [3.63, 3.8) is 0 Å². The maximum atomic E-state index is 12.6. The normalized spacial score (nSPS) is 36.9. The minimum Gasteiger partial charge on any atom is -0.480 e. The van der Waals surface area contributed by atoms with Crippen molar-refractivity contribution < 1.29 is 19.4 Å². The molecule has 0 unspecified atom stereocenters. The van der Waals surface area contributed by atoms with E-state index in [1.165, 1.54) is 6.42 Å². The molecule has 3 fully saturated rings. The number of aliphatic carboxylic acids is 1. The number of nitrogens with zero attached hydrogens (tertiary/aromatic N) is 1. The fourth-order valence-electron chi connectivity index (χ4n) is 4.14. The summed E-state index contributed by atoms with van der Waals surface area (Å²) in [6, 6.07) is -0.433. The minimum atomic E-state index is -0.838. The molecule has 2 aliphatic heterocycles. The first-order chi connectivity index (χ1) is 9.66. The van der Waals surface area contributed by atoms with Crippen molar-refractivity contribution in [1.29, 1.82) is 0 Å². The largest absolute Gasteiger partial charge is 0.480 e. The second kappa shape index (κ2) is 5.72. The van der Waals surface area contributed by atoms with Gasteiger partial charge >= 0.3 is 5.97 Å². The van der Waals surface area contributed by atoms with Crippen molar-refractivity contribution in [1.82, 2.24) is 4.90 Å². The number of carbonyl (C=O) groups excluding carboxylic acids is 1. The van der Waals surface area contributed by atoms with Crippen LogP contribution in [0, 0.1) is 11.8 Å². The predicted octanol–water partition coefficient (Wildman–Crippen LogP) is 1.66. The van der Waals surface area contributed by atoms with Gasteiger partial charge in [0.05, 0.1) is 0 Å². The second-order valence-electron chi connectivity index (χ2n) is 6.44. The molecule has 0 bridgehead atoms. The van der Waals surface area contributed by atoms with E-state index in [0.717, 1.165) is 32.3 Å². The van der Waals surface area contributed by atoms with Gasteiger partial charge in [0.1, 0.15) is 6.04 Å². The van der Waals surface area contributed by atoms with Gasteiger partial charge in [-0.15, -0.1) is 0 Å². The van der Waals surface area contributed by atoms with Gasteiger partial charge in [0.15, 0.2) is 0 Å². The predicted molar refractivity (Wildman–Crippen MR) is 72.2 cm³/mol. The molecule has 0 aromatic carbocycles. The second-order valence-corrected chi connectivity index (χ2v) is 6.44. The summed E-state index contributed by atoms with van der Waals surface area (Å²) in [5.74, 6) is -0.133. The van der Waals surface area contributed by atoms with Crippen LogP contribution >= 0.6 is 0 Å². The van der Waals surface area contributed by atoms with Crippen LogP contribution in [-0.4, -0.2) is 47.2 Å². The summed E-state index contributed by atoms with van der Waals surface area (Å²) in [6.07, 6.45) is 6.35. The molecule has 3 rings (SSSR count). The summed E-state index contributed by atoms with van der Waals surface area (Å²) in [7, 11) is 0. The van der Waals surface area contributed by atoms with Crippen LogP contribution in [0.25, 0.3) is 0 Å². The van der Waals surface area contributed by atoms with Crippen LogP contribution in [0.5, 0.6) is 0 Å². The number of ether oxygens (including phenoxy) is 1. The Labute approximate surface area is 119 Å². The van der Waals surface area contributed by atoms with Gasteiger partial charge in [-0.2, -0.15) is 0 Å². The zero-order chi connectivity index (χ0) is 14.1. The molecule has 3 aliphatic rings. The molecule has 20 heavy (non-hydrogen) atoms. The molecule has 0 aromatic heterocycles. The number of carboxylic acids is 1. The molecule has 1 amide bonds. The Morgan fingerprint density at radius 3 is 2.70 bits per heavy atom. The lowest BCUT2D eigenvalue weighted by Crippen LogP contribution is -2.46. The molecule has 0 aromatic rings. The number of rotatable bonds is 3. The Balaban J connectivity index is 1.72. The third kappa shape index (κ3) is 2.55. The third-order valence-corrected chi connectivity index (χ3v) is 5.15. The molecule has 2 heterocycles. The van der Waals surface area contributed by atoms with Crippen LogP contribution in [0.4, 0.5) is 0 Å². The zero-order valence-electron chi connectivity index (χ0n) is 11.8. The maximum Gasteiger partial charge on any atom is 0.326 e. The van der Waals surface area contributed by atoms with E-state index < -0.39 is 12.0 Å². The Morgan fingerprint density at radius 1 is 1.20 bits per heavy atom. The number of carbonyl (C=O) groups is 2. The quantitative estimate of drug-likeness (QED) is 0.854. The van der Waals surface area contributed by atoms with Gasteiger partial charge in [0.25, 0.3) is 0 Å². The van der Waals surface area contributed by atoms with Crippen molar-refractivity contribution in [2.45, 2.75) is 57.0 Å². The summed E-state index contributed by atoms with van der Waals surface area (Å²) in [5, 5.41) is 9.42. The highest BCUT2D eigenvalue weighted by Crippen LogP contribution is 2.40. The molecule has 2 saturated heterocycles. The van der Waals surface area contributed by atoms with E-state index in [1.807, 2.05) is 0 Å². The summed E-state index contributed by atoms with van der Waals surface area (Å²) < 4.78 is 5.31. The fraction of sp³-hybridized carbons (Fsp3) is 0.867. The monoisotopic (exact) mass is 281 g/mol. The van der Waals surface area contributed by atoms with Crippen LogP contribution in [0.2, 0.25) is 0 Å². The third-order valence-electron chi connectivity index (χ3n) is 5.15. The Kier molecular flexibility index (Phi) is 3.96. The van der Waals surface area contributed by atoms with Gasteiger partial charge in [0, 0.05) is 25.7 Å². The molecule has 5 nitrogen and oxygen atoms in total. The summed E-state index contributed by atoms with van der Waals surface area (Å²) in [6.45, 7) is 1.37. The van der Waals surface area contributed by atoms with Crippen LogP contribution in [0.15, 0.2) is 0 Å². The number of hydrogen-bond donors (Lipinski definition) is 1. The SMILES string of the molecule is O=C(O)[C@@H]1C[C@@H]2CCCC[C@H]2N1C(=O)C[C@@H]1CCOC1. The summed E-state index contributed by atoms with van der Waals surface area (Å²) in [5.41, 5.74) is 0. The van der Waals surface area contributed by atoms with E-state index in [-0.39, 0.29) is 17.9 Å². The van der Waals surface area contributed by atoms with Crippen molar-refractivity contribution in [2.75, 3.05) is 13.2 Å². The highest BCUT2D eigenvalue weighted by atomic mass is 16.5. The number of fused-ring (bicyclic) bond motifs is 1. The molecular weight excluding hydrogens is 258 g/mol. The van der Waals surface area contributed by atoms with Crippen molar-refractivity contribution >= 4 is 11.9 Å². The van der Waals surface area contributed by atoms with Crippen LogP contribution in [0.1, 0.15) is 44.9 Å². The van der Waals surface area contributed by atoms with Gasteiger partial charge in [-0.25, -0.2) is 4.79 Å². The van der Waals surface area contributed by atoms with Gasteiger partial charge in [0.2, 0.25) is 5.91 Å². The van der Waals surface area contributed by atoms with E-state index in [0.29, 0.717) is 25.4 Å². The molecule has 0 radical (unpaired) electrons. The lowest BCUT2D eigenvalue weighted by molar-refractivity contribution is -0.150. The Morgan fingerprint density at radius 2 is 2.00 bits per heavy atom. The summed E-state index contributed by atoms with van der Waals surface area (Å²) >= 11 is 0. The standard InChI is InChI=1S/C15H23NO4/c17-14(7-10-5-6-20-9-10)16-12-4-2-1-3-11(12)8-13(16)15(18)19/h10-13H,1-9H2,(H,18,19)/t10-,11-,12+,13-/m0/s1. The van der Waals surface area contributed by atoms with Crippen molar-refractivity contribution in [2.24, 2.45) is 11.8 Å². The highest BCUT2D eigenvalue weighted by Gasteiger charge is 2.47. The lowest BCUT2D eigenvalue weighted by Gasteiger charge is -2.33. The number of likely N-dealkylation sites (tertiary alicyclic amines) is 1. The summed E-state index contributed by atoms with van der Waals surface area (Å²) in [4.78, 5) is 25.8. The molecule has 4 atom stereocenters. The molecule has 1 N–H and O–H groups in total. The number of amides is 1. The van der Waals surface area contributed by atoms with Gasteiger partial charge in [-0.05, 0) is 37.5 Å². The van der Waals surface area contributed by atoms with E-state index in [4.69, 9.17) is 4.74 Å². The molecule has 1 saturated carbocycles. The smallest absolute Gasteiger partial charge is 0.326 e. The van der Waals surface area contributed by atoms with Crippen LogP contribution in [-0.2, 0) is 14.3 Å². The van der Waals surface area contributed by atoms with E-state index in [1.54, 1.807) is 4.90 Å². The first-order valence-corrected chi connectivity index (χ1v) is 7.78. The van der Waals surface area contributed by atoms with E-state index in [2.05, 4.69) is 0 Å².